The van der Waals surface area contributed by atoms with E-state index in [-0.39, 0.29) is 36.4 Å². The molecule has 4 aliphatic rings. The van der Waals surface area contributed by atoms with Gasteiger partial charge in [-0.1, -0.05) is 25.0 Å². The highest BCUT2D eigenvalue weighted by Gasteiger charge is 2.61. The van der Waals surface area contributed by atoms with E-state index in [1.54, 1.807) is 25.1 Å². The van der Waals surface area contributed by atoms with Crippen LogP contribution in [0.3, 0.4) is 0 Å². The number of benzene rings is 1. The Balaban J connectivity index is 1.21. The Bertz CT molecular complexity index is 2060. The molecule has 4 amide bonds. The molecule has 2 aromatic heterocycles. The summed E-state index contributed by atoms with van der Waals surface area (Å²) in [6, 6.07) is 6.09. The summed E-state index contributed by atoms with van der Waals surface area (Å²) in [6.07, 6.45) is 4.36. The van der Waals surface area contributed by atoms with Gasteiger partial charge in [0.1, 0.15) is 35.2 Å². The number of amides is 4. The molecule has 1 aromatic carbocycles. The van der Waals surface area contributed by atoms with E-state index in [9.17, 15) is 32.3 Å². The Kier molecular flexibility index (Phi) is 12.0. The predicted molar refractivity (Wildman–Crippen MR) is 209 cm³/mol. The number of nitrogens with one attached hydrogen (secondary N) is 3. The Morgan fingerprint density at radius 1 is 1.09 bits per heavy atom. The fourth-order valence-corrected chi connectivity index (χ4v) is 9.05. The number of alkyl halides is 3. The minimum atomic E-state index is -4.62. The van der Waals surface area contributed by atoms with Crippen LogP contribution in [0.5, 0.6) is 17.4 Å². The molecular formula is C40H46F3N5O7S2. The van der Waals surface area contributed by atoms with Crippen LogP contribution in [0.4, 0.5) is 13.2 Å². The van der Waals surface area contributed by atoms with E-state index < -0.39 is 54.2 Å². The number of ether oxygens (including phenoxy) is 3. The highest BCUT2D eigenvalue weighted by molar-refractivity contribution is 7.98. The van der Waals surface area contributed by atoms with E-state index in [0.29, 0.717) is 51.6 Å². The van der Waals surface area contributed by atoms with Crippen LogP contribution in [0.1, 0.15) is 77.9 Å². The number of rotatable bonds is 10. The van der Waals surface area contributed by atoms with Crippen molar-refractivity contribution < 1.29 is 46.6 Å². The Morgan fingerprint density at radius 2 is 1.89 bits per heavy atom. The molecule has 3 N–H and O–H groups in total. The third kappa shape index (κ3) is 9.46. The number of carbonyl (C=O) groups is 4. The topological polar surface area (TPSA) is 148 Å². The molecule has 3 fully saturated rings. The monoisotopic (exact) mass is 829 g/mol. The Hall–Kier alpha value is -4.51. The smallest absolute Gasteiger partial charge is 0.422 e. The van der Waals surface area contributed by atoms with Gasteiger partial charge in [0, 0.05) is 39.5 Å². The van der Waals surface area contributed by atoms with Crippen LogP contribution in [0.2, 0.25) is 0 Å². The zero-order chi connectivity index (χ0) is 40.5. The van der Waals surface area contributed by atoms with E-state index in [4.69, 9.17) is 14.2 Å². The number of hydrogen-bond donors (Lipinski definition) is 3. The summed E-state index contributed by atoms with van der Waals surface area (Å²) in [5.41, 5.74) is -0.361. The minimum absolute atomic E-state index is 0.00488. The number of carbonyl (C=O) groups excluding carboxylic acids is 4. The van der Waals surface area contributed by atoms with E-state index in [1.807, 2.05) is 25.1 Å². The van der Waals surface area contributed by atoms with Crippen LogP contribution in [0.25, 0.3) is 10.9 Å². The molecule has 306 valence electrons. The number of aryl methyl sites for hydroxylation is 2. The SMILES string of the molecule is COc1ccc2c(O[C@@H]3C[C@H]4C(=O)N[C@]5(C(=O)NSC6CC6)C[C@H]5/C=C\CCCCC[C@H](NC(=O)c5ccc(C)s5)C(=O)N4C3)cc(OCC(F)(F)F)nc2c1C. The second kappa shape index (κ2) is 16.8. The summed E-state index contributed by atoms with van der Waals surface area (Å²) in [4.78, 5) is 63.5. The minimum Gasteiger partial charge on any atom is -0.496 e. The zero-order valence-corrected chi connectivity index (χ0v) is 33.5. The number of methoxy groups -OCH3 is 1. The molecule has 4 heterocycles. The van der Waals surface area contributed by atoms with Gasteiger partial charge in [-0.05, 0) is 88.6 Å². The van der Waals surface area contributed by atoms with Crippen molar-refractivity contribution in [2.24, 2.45) is 5.92 Å². The van der Waals surface area contributed by atoms with Gasteiger partial charge in [-0.15, -0.1) is 11.3 Å². The lowest BCUT2D eigenvalue weighted by atomic mass is 10.0. The van der Waals surface area contributed by atoms with Gasteiger partial charge in [-0.2, -0.15) is 13.2 Å². The molecule has 17 heteroatoms. The second-order valence-corrected chi connectivity index (χ2v) is 17.5. The number of allylic oxidation sites excluding steroid dienone is 1. The molecule has 2 saturated carbocycles. The summed E-state index contributed by atoms with van der Waals surface area (Å²) in [7, 11) is 1.47. The van der Waals surface area contributed by atoms with Gasteiger partial charge < -0.3 is 29.7 Å². The Labute approximate surface area is 336 Å². The number of pyridine rings is 1. The highest BCUT2D eigenvalue weighted by atomic mass is 32.2. The van der Waals surface area contributed by atoms with Crippen molar-refractivity contribution in [3.05, 3.63) is 57.8 Å². The van der Waals surface area contributed by atoms with Gasteiger partial charge in [0.25, 0.3) is 11.8 Å². The molecular weight excluding hydrogens is 784 g/mol. The summed E-state index contributed by atoms with van der Waals surface area (Å²) in [5.74, 6) is -1.68. The molecule has 12 nitrogen and oxygen atoms in total. The summed E-state index contributed by atoms with van der Waals surface area (Å²) < 4.78 is 59.6. The maximum Gasteiger partial charge on any atom is 0.422 e. The van der Waals surface area contributed by atoms with Gasteiger partial charge in [0.05, 0.1) is 24.0 Å². The zero-order valence-electron chi connectivity index (χ0n) is 31.9. The molecule has 3 aromatic rings. The van der Waals surface area contributed by atoms with Gasteiger partial charge >= 0.3 is 6.18 Å². The first-order valence-corrected chi connectivity index (χ1v) is 20.9. The Morgan fingerprint density at radius 3 is 2.61 bits per heavy atom. The van der Waals surface area contributed by atoms with Gasteiger partial charge in [0.15, 0.2) is 6.61 Å². The van der Waals surface area contributed by atoms with Crippen LogP contribution in [-0.4, -0.2) is 88.9 Å². The summed E-state index contributed by atoms with van der Waals surface area (Å²) in [5, 5.41) is 6.76. The number of nitrogens with zero attached hydrogens (tertiary/aromatic N) is 2. The van der Waals surface area contributed by atoms with Gasteiger partial charge in [0.2, 0.25) is 17.7 Å². The third-order valence-electron chi connectivity index (χ3n) is 10.8. The lowest BCUT2D eigenvalue weighted by Gasteiger charge is -2.29. The molecule has 0 radical (unpaired) electrons. The average molecular weight is 830 g/mol. The summed E-state index contributed by atoms with van der Waals surface area (Å²) in [6.45, 7) is 1.93. The number of fused-ring (bicyclic) bond motifs is 3. The van der Waals surface area contributed by atoms with E-state index in [1.165, 1.54) is 41.4 Å². The summed E-state index contributed by atoms with van der Waals surface area (Å²) >= 11 is 2.67. The molecule has 2 aliphatic heterocycles. The first kappa shape index (κ1) is 40.7. The first-order chi connectivity index (χ1) is 27.2. The van der Waals surface area contributed by atoms with Gasteiger partial charge in [-0.25, -0.2) is 4.98 Å². The molecule has 0 bridgehead atoms. The fourth-order valence-electron chi connectivity index (χ4n) is 7.45. The molecule has 0 spiro atoms. The van der Waals surface area contributed by atoms with Crippen molar-refractivity contribution in [2.75, 3.05) is 20.3 Å². The highest BCUT2D eigenvalue weighted by Crippen LogP contribution is 2.47. The number of hydrogen-bond acceptors (Lipinski definition) is 10. The lowest BCUT2D eigenvalue weighted by molar-refractivity contribution is -0.154. The largest absolute Gasteiger partial charge is 0.496 e. The standard InChI is InChI=1S/C40H46F3N5O7S2/c1-22-11-16-32(56-22)36(50)44-28-10-8-6-4-5-7-9-24-19-39(24,38(52)47-57-26-12-13-26)46-35(49)29-17-25(20-48(29)37(28)51)55-31-18-33(54-21-40(41,42)43)45-34-23(2)30(53-3)15-14-27(31)34/h7,9,11,14-16,18,24-26,28-29H,4-6,8,10,12-13,17,19-21H2,1-3H3,(H,44,50)(H,46,49)(H,47,52)/b9-7-/t24-,25-,28+,29+,39-/m1/s1. The van der Waals surface area contributed by atoms with Gasteiger partial charge in [-0.3, -0.25) is 23.9 Å². The number of thiophene rings is 1. The molecule has 0 unspecified atom stereocenters. The number of aromatic nitrogens is 1. The molecule has 57 heavy (non-hydrogen) atoms. The lowest BCUT2D eigenvalue weighted by Crippen LogP contribution is -2.57. The van der Waals surface area contributed by atoms with Crippen LogP contribution in [0, 0.1) is 19.8 Å². The van der Waals surface area contributed by atoms with Crippen LogP contribution in [0.15, 0.2) is 42.5 Å². The van der Waals surface area contributed by atoms with Crippen molar-refractivity contribution in [1.82, 2.24) is 25.2 Å². The first-order valence-electron chi connectivity index (χ1n) is 19.2. The predicted octanol–water partition coefficient (Wildman–Crippen LogP) is 6.33. The molecule has 7 rings (SSSR count). The molecule has 1 saturated heterocycles. The quantitative estimate of drug-likeness (QED) is 0.158. The second-order valence-electron chi connectivity index (χ2n) is 15.2. The maximum atomic E-state index is 14.7. The maximum absolute atomic E-state index is 14.7. The van der Waals surface area contributed by atoms with Crippen molar-refractivity contribution in [3.63, 3.8) is 0 Å². The van der Waals surface area contributed by atoms with Crippen molar-refractivity contribution in [1.29, 1.82) is 0 Å². The van der Waals surface area contributed by atoms with E-state index >= 15 is 0 Å². The van der Waals surface area contributed by atoms with E-state index in [0.717, 1.165) is 37.0 Å². The van der Waals surface area contributed by atoms with Crippen molar-refractivity contribution in [3.8, 4) is 17.4 Å². The normalized spacial score (nSPS) is 26.0. The van der Waals surface area contributed by atoms with Crippen molar-refractivity contribution >= 4 is 57.8 Å². The van der Waals surface area contributed by atoms with Crippen LogP contribution in [-0.2, 0) is 14.4 Å². The molecule has 2 aliphatic carbocycles. The molecule has 5 atom stereocenters. The van der Waals surface area contributed by atoms with E-state index in [2.05, 4.69) is 20.3 Å². The third-order valence-corrected chi connectivity index (χ3v) is 12.9. The number of halogens is 3. The van der Waals surface area contributed by atoms with Crippen LogP contribution < -0.4 is 29.6 Å². The van der Waals surface area contributed by atoms with Crippen molar-refractivity contribution in [2.45, 2.75) is 107 Å². The fraction of sp³-hybridized carbons (Fsp3) is 0.525. The average Bonchev–Trinajstić information content (AvgIpc) is 4.04. The van der Waals surface area contributed by atoms with Crippen LogP contribution >= 0.6 is 23.3 Å².